The van der Waals surface area contributed by atoms with Crippen LogP contribution in [0.15, 0.2) is 12.4 Å². The van der Waals surface area contributed by atoms with Gasteiger partial charge in [0.2, 0.25) is 0 Å². The molecule has 0 N–H and O–H groups in total. The van der Waals surface area contributed by atoms with E-state index in [2.05, 4.69) is 49.2 Å². The SMILES string of the molecule is CCCCCCCCCCCCCCCCn1cc[n+](CCCCCCCC)c1C(C)C. The Labute approximate surface area is 202 Å². The number of aryl methyl sites for hydroxylation is 2. The molecule has 0 saturated carbocycles. The highest BCUT2D eigenvalue weighted by molar-refractivity contribution is 4.89. The molecule has 188 valence electrons. The van der Waals surface area contributed by atoms with Gasteiger partial charge in [-0.2, -0.15) is 0 Å². The van der Waals surface area contributed by atoms with Crippen LogP contribution in [0.2, 0.25) is 0 Å². The molecule has 0 aliphatic heterocycles. The second kappa shape index (κ2) is 20.8. The fourth-order valence-electron chi connectivity index (χ4n) is 5.06. The van der Waals surface area contributed by atoms with Gasteiger partial charge in [0.05, 0.1) is 19.0 Å². The minimum atomic E-state index is 0.608. The fraction of sp³-hybridized carbons (Fsp3) is 0.900. The summed E-state index contributed by atoms with van der Waals surface area (Å²) in [6.07, 6.45) is 33.1. The molecule has 0 aliphatic carbocycles. The average Bonchev–Trinajstić information content (AvgIpc) is 3.19. The lowest BCUT2D eigenvalue weighted by Crippen LogP contribution is -2.38. The largest absolute Gasteiger partial charge is 0.258 e. The van der Waals surface area contributed by atoms with Gasteiger partial charge in [-0.05, 0) is 25.7 Å². The molecule has 2 nitrogen and oxygen atoms in total. The summed E-state index contributed by atoms with van der Waals surface area (Å²) in [6.45, 7) is 11.7. The zero-order chi connectivity index (χ0) is 23.3. The molecule has 0 radical (unpaired) electrons. The topological polar surface area (TPSA) is 8.81 Å². The quantitative estimate of drug-likeness (QED) is 0.117. The summed E-state index contributed by atoms with van der Waals surface area (Å²) in [5.41, 5.74) is 0. The van der Waals surface area contributed by atoms with Gasteiger partial charge < -0.3 is 0 Å². The van der Waals surface area contributed by atoms with E-state index in [1.54, 1.807) is 0 Å². The summed E-state index contributed by atoms with van der Waals surface area (Å²) in [4.78, 5) is 0. The highest BCUT2D eigenvalue weighted by atomic mass is 15.1. The van der Waals surface area contributed by atoms with Gasteiger partial charge in [0.1, 0.15) is 12.4 Å². The van der Waals surface area contributed by atoms with Crippen molar-refractivity contribution in [1.29, 1.82) is 0 Å². The van der Waals surface area contributed by atoms with Crippen molar-refractivity contribution < 1.29 is 4.57 Å². The normalized spacial score (nSPS) is 11.7. The third-order valence-electron chi connectivity index (χ3n) is 7.04. The Kier molecular flexibility index (Phi) is 19.0. The van der Waals surface area contributed by atoms with E-state index in [0.717, 1.165) is 0 Å². The molecule has 32 heavy (non-hydrogen) atoms. The standard InChI is InChI=1S/C30H59N2/c1-5-7-9-11-13-14-15-16-17-18-19-20-22-24-26-32-28-27-31(30(32)29(3)4)25-23-21-12-10-8-6-2/h27-29H,5-26H2,1-4H3/q+1. The van der Waals surface area contributed by atoms with Gasteiger partial charge >= 0.3 is 0 Å². The highest BCUT2D eigenvalue weighted by Gasteiger charge is 2.19. The molecular weight excluding hydrogens is 388 g/mol. The number of hydrogen-bond donors (Lipinski definition) is 0. The van der Waals surface area contributed by atoms with Crippen LogP contribution >= 0.6 is 0 Å². The highest BCUT2D eigenvalue weighted by Crippen LogP contribution is 2.15. The van der Waals surface area contributed by atoms with Crippen LogP contribution in [0.25, 0.3) is 0 Å². The maximum absolute atomic E-state index is 2.54. The molecule has 0 aromatic carbocycles. The van der Waals surface area contributed by atoms with Crippen molar-refractivity contribution in [3.05, 3.63) is 18.2 Å². The van der Waals surface area contributed by atoms with Crippen molar-refractivity contribution in [1.82, 2.24) is 4.57 Å². The number of rotatable bonds is 23. The van der Waals surface area contributed by atoms with Crippen LogP contribution in [0, 0.1) is 0 Å². The zero-order valence-electron chi connectivity index (χ0n) is 22.7. The van der Waals surface area contributed by atoms with E-state index >= 15 is 0 Å². The van der Waals surface area contributed by atoms with Crippen LogP contribution in [0.3, 0.4) is 0 Å². The Balaban J connectivity index is 2.08. The molecule has 1 heterocycles. The van der Waals surface area contributed by atoms with Gasteiger partial charge in [-0.25, -0.2) is 9.13 Å². The lowest BCUT2D eigenvalue weighted by Gasteiger charge is -2.08. The molecular formula is C30H59N2+. The van der Waals surface area contributed by atoms with E-state index in [9.17, 15) is 0 Å². The van der Waals surface area contributed by atoms with Crippen molar-refractivity contribution in [2.24, 2.45) is 0 Å². The molecule has 0 bridgehead atoms. The Hall–Kier alpha value is -0.790. The maximum Gasteiger partial charge on any atom is 0.258 e. The Morgan fingerprint density at radius 3 is 1.44 bits per heavy atom. The monoisotopic (exact) mass is 447 g/mol. The molecule has 0 atom stereocenters. The van der Waals surface area contributed by atoms with Crippen molar-refractivity contribution in [3.8, 4) is 0 Å². The Morgan fingerprint density at radius 2 is 1.00 bits per heavy atom. The van der Waals surface area contributed by atoms with Crippen LogP contribution in [0.4, 0.5) is 0 Å². The summed E-state index contributed by atoms with van der Waals surface area (Å²) < 4.78 is 5.08. The number of aromatic nitrogens is 2. The third-order valence-corrected chi connectivity index (χ3v) is 7.04. The van der Waals surface area contributed by atoms with Crippen LogP contribution < -0.4 is 4.57 Å². The molecule has 1 aromatic rings. The molecule has 1 rings (SSSR count). The number of nitrogens with zero attached hydrogens (tertiary/aromatic N) is 2. The molecule has 0 amide bonds. The predicted molar refractivity (Wildman–Crippen MR) is 142 cm³/mol. The Morgan fingerprint density at radius 1 is 0.594 bits per heavy atom. The molecule has 0 saturated heterocycles. The van der Waals surface area contributed by atoms with Gasteiger partial charge in [-0.15, -0.1) is 0 Å². The maximum atomic E-state index is 2.54. The molecule has 0 fully saturated rings. The summed E-state index contributed by atoms with van der Waals surface area (Å²) in [5.74, 6) is 2.14. The van der Waals surface area contributed by atoms with Crippen LogP contribution in [-0.2, 0) is 13.1 Å². The first kappa shape index (κ1) is 29.2. The summed E-state index contributed by atoms with van der Waals surface area (Å²) >= 11 is 0. The van der Waals surface area contributed by atoms with E-state index in [1.807, 2.05) is 0 Å². The second-order valence-corrected chi connectivity index (χ2v) is 10.6. The molecule has 0 spiro atoms. The van der Waals surface area contributed by atoms with Crippen molar-refractivity contribution in [3.63, 3.8) is 0 Å². The van der Waals surface area contributed by atoms with Crippen LogP contribution in [0.1, 0.15) is 168 Å². The van der Waals surface area contributed by atoms with Crippen molar-refractivity contribution >= 4 is 0 Å². The van der Waals surface area contributed by atoms with Gasteiger partial charge in [0, 0.05) is 0 Å². The lowest BCUT2D eigenvalue weighted by atomic mass is 10.0. The van der Waals surface area contributed by atoms with E-state index in [0.29, 0.717) is 5.92 Å². The van der Waals surface area contributed by atoms with Gasteiger partial charge in [0.15, 0.2) is 0 Å². The molecule has 2 heteroatoms. The van der Waals surface area contributed by atoms with E-state index < -0.39 is 0 Å². The number of hydrogen-bond acceptors (Lipinski definition) is 0. The third kappa shape index (κ3) is 14.4. The summed E-state index contributed by atoms with van der Waals surface area (Å²) in [5, 5.41) is 0. The molecule has 1 aromatic heterocycles. The van der Waals surface area contributed by atoms with E-state index in [4.69, 9.17) is 0 Å². The predicted octanol–water partition coefficient (Wildman–Crippen LogP) is 9.74. The molecule has 0 unspecified atom stereocenters. The first-order valence-electron chi connectivity index (χ1n) is 14.8. The van der Waals surface area contributed by atoms with Crippen LogP contribution in [-0.4, -0.2) is 4.57 Å². The van der Waals surface area contributed by atoms with Gasteiger partial charge in [0.25, 0.3) is 5.82 Å². The second-order valence-electron chi connectivity index (χ2n) is 10.6. The smallest absolute Gasteiger partial charge is 0.234 e. The van der Waals surface area contributed by atoms with E-state index in [-0.39, 0.29) is 0 Å². The average molecular weight is 448 g/mol. The first-order chi connectivity index (χ1) is 15.7. The van der Waals surface area contributed by atoms with Crippen molar-refractivity contribution in [2.45, 2.75) is 175 Å². The van der Waals surface area contributed by atoms with E-state index in [1.165, 1.54) is 147 Å². The number of unbranched alkanes of at least 4 members (excludes halogenated alkanes) is 18. The summed E-state index contributed by atoms with van der Waals surface area (Å²) in [7, 11) is 0. The van der Waals surface area contributed by atoms with Crippen LogP contribution in [0.5, 0.6) is 0 Å². The first-order valence-corrected chi connectivity index (χ1v) is 14.8. The summed E-state index contributed by atoms with van der Waals surface area (Å²) in [6, 6.07) is 0. The molecule has 0 aliphatic rings. The van der Waals surface area contributed by atoms with Gasteiger partial charge in [-0.3, -0.25) is 0 Å². The minimum absolute atomic E-state index is 0.608. The number of imidazole rings is 1. The fourth-order valence-corrected chi connectivity index (χ4v) is 5.06. The lowest BCUT2D eigenvalue weighted by molar-refractivity contribution is -0.705. The minimum Gasteiger partial charge on any atom is -0.234 e. The van der Waals surface area contributed by atoms with Crippen molar-refractivity contribution in [2.75, 3.05) is 0 Å². The Bertz CT molecular complexity index is 517. The van der Waals surface area contributed by atoms with Gasteiger partial charge in [-0.1, -0.05) is 130 Å². The zero-order valence-corrected chi connectivity index (χ0v) is 22.7.